The van der Waals surface area contributed by atoms with Gasteiger partial charge in [-0.25, -0.2) is 4.79 Å². The van der Waals surface area contributed by atoms with Crippen molar-refractivity contribution in [3.05, 3.63) is 41.7 Å². The summed E-state index contributed by atoms with van der Waals surface area (Å²) in [6.45, 7) is 1.03. The molecule has 4 rings (SSSR count). The molecule has 2 aliphatic heterocycles. The first kappa shape index (κ1) is 26.8. The van der Waals surface area contributed by atoms with Crippen LogP contribution in [0.1, 0.15) is 12.5 Å². The van der Waals surface area contributed by atoms with Crippen LogP contribution in [0.25, 0.3) is 0 Å². The number of carbonyl (C=O) groups excluding carboxylic acids is 1. The summed E-state index contributed by atoms with van der Waals surface area (Å²) >= 11 is 0. The molecule has 1 saturated heterocycles. The fraction of sp³-hybridized carbons (Fsp3) is 0.625. The zero-order valence-electron chi connectivity index (χ0n) is 19.5. The second-order valence-corrected chi connectivity index (χ2v) is 9.41. The highest BCUT2D eigenvalue weighted by atomic mass is 16.8. The molecule has 0 unspecified atom stereocenters. The molecule has 1 aromatic rings. The van der Waals surface area contributed by atoms with Crippen molar-refractivity contribution in [2.24, 2.45) is 17.8 Å². The van der Waals surface area contributed by atoms with Gasteiger partial charge in [0.25, 0.3) is 0 Å². The Morgan fingerprint density at radius 2 is 1.64 bits per heavy atom. The molecule has 7 N–H and O–H groups in total. The van der Waals surface area contributed by atoms with Gasteiger partial charge in [0.2, 0.25) is 6.29 Å². The minimum Gasteiger partial charge on any atom is -0.508 e. The molecule has 12 nitrogen and oxygen atoms in total. The van der Waals surface area contributed by atoms with Gasteiger partial charge in [0.05, 0.1) is 37.3 Å². The topological polar surface area (TPSA) is 196 Å². The zero-order chi connectivity index (χ0) is 26.1. The van der Waals surface area contributed by atoms with E-state index in [0.29, 0.717) is 6.42 Å². The predicted molar refractivity (Wildman–Crippen MR) is 119 cm³/mol. The zero-order valence-corrected chi connectivity index (χ0v) is 19.5. The van der Waals surface area contributed by atoms with E-state index < -0.39 is 79.5 Å². The Kier molecular flexibility index (Phi) is 8.17. The third-order valence-corrected chi connectivity index (χ3v) is 7.19. The maximum Gasteiger partial charge on any atom is 0.337 e. The molecular formula is C24H32O12. The summed E-state index contributed by atoms with van der Waals surface area (Å²) in [5.41, 5.74) is 0.848. The smallest absolute Gasteiger partial charge is 0.337 e. The normalized spacial score (nSPS) is 40.2. The summed E-state index contributed by atoms with van der Waals surface area (Å²) in [4.78, 5) is 12.9. The van der Waals surface area contributed by atoms with Crippen LogP contribution in [-0.4, -0.2) is 104 Å². The molecule has 0 spiro atoms. The third-order valence-electron chi connectivity index (χ3n) is 7.19. The number of aromatic hydroxyl groups is 1. The highest BCUT2D eigenvalue weighted by Crippen LogP contribution is 2.47. The summed E-state index contributed by atoms with van der Waals surface area (Å²) in [5, 5.41) is 70.3. The lowest BCUT2D eigenvalue weighted by molar-refractivity contribution is -0.343. The minimum atomic E-state index is -1.67. The molecule has 0 bridgehead atoms. The lowest BCUT2D eigenvalue weighted by Crippen LogP contribution is -2.60. The van der Waals surface area contributed by atoms with Crippen molar-refractivity contribution < 1.29 is 59.5 Å². The lowest BCUT2D eigenvalue weighted by Gasteiger charge is -2.43. The molecule has 0 aromatic heterocycles. The van der Waals surface area contributed by atoms with Gasteiger partial charge in [-0.3, -0.25) is 0 Å². The van der Waals surface area contributed by atoms with E-state index in [-0.39, 0.29) is 17.9 Å². The van der Waals surface area contributed by atoms with Gasteiger partial charge in [-0.15, -0.1) is 0 Å². The van der Waals surface area contributed by atoms with Gasteiger partial charge >= 0.3 is 5.97 Å². The number of ether oxygens (including phenoxy) is 4. The van der Waals surface area contributed by atoms with Gasteiger partial charge in [0.1, 0.15) is 30.2 Å². The highest BCUT2D eigenvalue weighted by molar-refractivity contribution is 5.89. The maximum atomic E-state index is 12.9. The van der Waals surface area contributed by atoms with Crippen LogP contribution in [0.4, 0.5) is 0 Å². The van der Waals surface area contributed by atoms with Crippen molar-refractivity contribution in [2.45, 2.75) is 62.5 Å². The molecule has 12 heteroatoms. The Morgan fingerprint density at radius 3 is 2.31 bits per heavy atom. The number of fused-ring (bicyclic) bond motifs is 1. The maximum absolute atomic E-state index is 12.9. The molecule has 1 saturated carbocycles. The monoisotopic (exact) mass is 512 g/mol. The molecule has 2 heterocycles. The van der Waals surface area contributed by atoms with Crippen LogP contribution in [0.3, 0.4) is 0 Å². The number of hydrogen-bond donors (Lipinski definition) is 7. The number of benzene rings is 1. The molecule has 0 amide bonds. The van der Waals surface area contributed by atoms with Gasteiger partial charge in [0, 0.05) is 18.3 Å². The lowest BCUT2D eigenvalue weighted by atomic mass is 9.82. The van der Waals surface area contributed by atoms with Crippen molar-refractivity contribution in [3.63, 3.8) is 0 Å². The molecule has 36 heavy (non-hydrogen) atoms. The minimum absolute atomic E-state index is 0.00950. The van der Waals surface area contributed by atoms with Crippen LogP contribution in [0, 0.1) is 17.8 Å². The fourth-order valence-electron chi connectivity index (χ4n) is 5.05. The Bertz CT molecular complexity index is 934. The van der Waals surface area contributed by atoms with E-state index in [9.17, 15) is 40.5 Å². The van der Waals surface area contributed by atoms with Crippen molar-refractivity contribution in [1.29, 1.82) is 0 Å². The van der Waals surface area contributed by atoms with Crippen LogP contribution >= 0.6 is 0 Å². The summed E-state index contributed by atoms with van der Waals surface area (Å²) < 4.78 is 22.1. The Morgan fingerprint density at radius 1 is 0.944 bits per heavy atom. The first-order chi connectivity index (χ1) is 17.1. The SMILES string of the molecule is C[C@@H]1[C@@H](O)[C@@H](O)[C@H]2C(C(=O)OCCc3ccc(O)cc3)=CO[C@H](O[C@H]3O[C@H](CO)[C@@H](O)[C@H](O)[C@H]3O)[C@H]12. The van der Waals surface area contributed by atoms with Crippen molar-refractivity contribution in [3.8, 4) is 5.75 Å². The largest absolute Gasteiger partial charge is 0.508 e. The van der Waals surface area contributed by atoms with E-state index in [1.807, 2.05) is 0 Å². The van der Waals surface area contributed by atoms with Gasteiger partial charge in [-0.1, -0.05) is 19.1 Å². The number of phenols is 1. The van der Waals surface area contributed by atoms with E-state index in [1.54, 1.807) is 19.1 Å². The molecule has 200 valence electrons. The number of aliphatic hydroxyl groups excluding tert-OH is 6. The third kappa shape index (κ3) is 5.08. The van der Waals surface area contributed by atoms with E-state index in [0.717, 1.165) is 11.8 Å². The number of hydrogen-bond acceptors (Lipinski definition) is 12. The molecular weight excluding hydrogens is 480 g/mol. The quantitative estimate of drug-likeness (QED) is 0.202. The molecule has 2 fully saturated rings. The first-order valence-electron chi connectivity index (χ1n) is 11.8. The van der Waals surface area contributed by atoms with Crippen LogP contribution in [0.5, 0.6) is 5.75 Å². The van der Waals surface area contributed by atoms with Crippen molar-refractivity contribution in [2.75, 3.05) is 13.2 Å². The summed E-state index contributed by atoms with van der Waals surface area (Å²) in [6, 6.07) is 6.43. The summed E-state index contributed by atoms with van der Waals surface area (Å²) in [7, 11) is 0. The molecule has 3 aliphatic rings. The Labute approximate surface area is 206 Å². The van der Waals surface area contributed by atoms with Crippen molar-refractivity contribution >= 4 is 5.97 Å². The van der Waals surface area contributed by atoms with E-state index in [4.69, 9.17) is 18.9 Å². The average Bonchev–Trinajstić information content (AvgIpc) is 3.10. The summed E-state index contributed by atoms with van der Waals surface area (Å²) in [5.74, 6) is -2.90. The number of esters is 1. The second-order valence-electron chi connectivity index (χ2n) is 9.41. The highest BCUT2D eigenvalue weighted by Gasteiger charge is 2.57. The van der Waals surface area contributed by atoms with Gasteiger partial charge in [-0.05, 0) is 23.6 Å². The number of rotatable bonds is 7. The number of carbonyl (C=O) groups is 1. The summed E-state index contributed by atoms with van der Waals surface area (Å²) in [6.07, 6.45) is -9.88. The van der Waals surface area contributed by atoms with Crippen LogP contribution in [0.2, 0.25) is 0 Å². The van der Waals surface area contributed by atoms with E-state index >= 15 is 0 Å². The Balaban J connectivity index is 1.47. The first-order valence-corrected chi connectivity index (χ1v) is 11.8. The number of aliphatic hydroxyl groups is 6. The standard InChI is InChI=1S/C24H32O12/c1-10-15-16(19(29)17(10)27)13(22(32)33-7-6-11-2-4-12(26)5-3-11)9-34-23(15)36-24-21(31)20(30)18(28)14(8-25)35-24/h2-5,9-10,14-21,23-31H,6-8H2,1H3/t10-,14+,15+,16-,17+,18+,19-,20-,21+,23+,24+/m0/s1. The van der Waals surface area contributed by atoms with E-state index in [1.165, 1.54) is 12.1 Å². The fourth-order valence-corrected chi connectivity index (χ4v) is 5.05. The Hall–Kier alpha value is -2.29. The molecule has 0 radical (unpaired) electrons. The van der Waals surface area contributed by atoms with Gasteiger partial charge in [0.15, 0.2) is 6.29 Å². The van der Waals surface area contributed by atoms with Crippen LogP contribution in [0.15, 0.2) is 36.1 Å². The van der Waals surface area contributed by atoms with Crippen LogP contribution < -0.4 is 0 Å². The molecule has 1 aliphatic carbocycles. The van der Waals surface area contributed by atoms with Gasteiger partial charge < -0.3 is 54.7 Å². The number of phenolic OH excluding ortho intramolecular Hbond substituents is 1. The van der Waals surface area contributed by atoms with Crippen molar-refractivity contribution in [1.82, 2.24) is 0 Å². The molecule has 1 aromatic carbocycles. The van der Waals surface area contributed by atoms with Gasteiger partial charge in [-0.2, -0.15) is 0 Å². The molecule has 11 atom stereocenters. The average molecular weight is 513 g/mol. The van der Waals surface area contributed by atoms with Crippen LogP contribution in [-0.2, 0) is 30.2 Å². The van der Waals surface area contributed by atoms with E-state index in [2.05, 4.69) is 0 Å². The predicted octanol–water partition coefficient (Wildman–Crippen LogP) is -1.86. The second kappa shape index (κ2) is 11.0.